The lowest BCUT2D eigenvalue weighted by molar-refractivity contribution is 0.0696. The number of carboxylic acid groups (broad SMARTS) is 1. The van der Waals surface area contributed by atoms with Crippen molar-refractivity contribution in [2.24, 2.45) is 0 Å². The Labute approximate surface area is 142 Å². The number of carbonyl (C=O) groups is 1. The minimum Gasteiger partial charge on any atom is -0.478 e. The number of halogens is 2. The topological polar surface area (TPSA) is 62.2 Å². The minimum atomic E-state index is -1.22. The molecule has 0 radical (unpaired) electrons. The van der Waals surface area contributed by atoms with Crippen LogP contribution in [-0.4, -0.2) is 16.1 Å². The fraction of sp³-hybridized carbons (Fsp3) is 0.0526. The highest BCUT2D eigenvalue weighted by atomic mass is 19.1. The van der Waals surface area contributed by atoms with Crippen molar-refractivity contribution in [2.45, 2.75) is 6.04 Å². The first-order chi connectivity index (χ1) is 12.0. The van der Waals surface area contributed by atoms with Crippen molar-refractivity contribution < 1.29 is 18.7 Å². The summed E-state index contributed by atoms with van der Waals surface area (Å²) in [4.78, 5) is 15.1. The van der Waals surface area contributed by atoms with Gasteiger partial charge in [-0.2, -0.15) is 0 Å². The molecule has 0 fully saturated rings. The quantitative estimate of drug-likeness (QED) is 0.728. The highest BCUT2D eigenvalue weighted by Gasteiger charge is 2.16. The number of aromatic carboxylic acids is 1. The van der Waals surface area contributed by atoms with Crippen molar-refractivity contribution in [3.05, 3.63) is 95.3 Å². The standard InChI is InChI=1S/C19H14F2N2O2/c20-15-3-1-12(2-4-15)18(13-5-7-22-8-6-13)23-17-10-14(19(24)25)9-16(21)11-17/h1-11,18,23H,(H,24,25). The van der Waals surface area contributed by atoms with Crippen LogP contribution in [0.4, 0.5) is 14.5 Å². The molecule has 4 nitrogen and oxygen atoms in total. The summed E-state index contributed by atoms with van der Waals surface area (Å²) in [5.74, 6) is -2.24. The molecule has 0 saturated carbocycles. The molecule has 0 amide bonds. The van der Waals surface area contributed by atoms with Gasteiger partial charge in [-0.05, 0) is 53.6 Å². The summed E-state index contributed by atoms with van der Waals surface area (Å²) in [5, 5.41) is 12.2. The van der Waals surface area contributed by atoms with Crippen LogP contribution in [0, 0.1) is 11.6 Å². The van der Waals surface area contributed by atoms with Crippen LogP contribution in [0.5, 0.6) is 0 Å². The van der Waals surface area contributed by atoms with Gasteiger partial charge in [-0.1, -0.05) is 12.1 Å². The van der Waals surface area contributed by atoms with E-state index in [9.17, 15) is 13.6 Å². The summed E-state index contributed by atoms with van der Waals surface area (Å²) in [5.41, 5.74) is 1.72. The van der Waals surface area contributed by atoms with E-state index in [0.29, 0.717) is 5.69 Å². The molecule has 0 saturated heterocycles. The number of nitrogens with zero attached hydrogens (tertiary/aromatic N) is 1. The van der Waals surface area contributed by atoms with E-state index in [1.54, 1.807) is 36.7 Å². The second-order valence-corrected chi connectivity index (χ2v) is 5.44. The predicted octanol–water partition coefficient (Wildman–Crippen LogP) is 4.26. The third-order valence-corrected chi connectivity index (χ3v) is 3.70. The Morgan fingerprint density at radius 3 is 2.20 bits per heavy atom. The molecular weight excluding hydrogens is 326 g/mol. The number of aromatic nitrogens is 1. The van der Waals surface area contributed by atoms with Crippen molar-refractivity contribution in [3.8, 4) is 0 Å². The van der Waals surface area contributed by atoms with E-state index in [0.717, 1.165) is 17.2 Å². The molecule has 1 unspecified atom stereocenters. The summed E-state index contributed by atoms with van der Waals surface area (Å²) < 4.78 is 27.0. The number of benzene rings is 2. The molecule has 1 aromatic heterocycles. The van der Waals surface area contributed by atoms with Crippen LogP contribution in [0.3, 0.4) is 0 Å². The minimum absolute atomic E-state index is 0.157. The van der Waals surface area contributed by atoms with E-state index in [4.69, 9.17) is 5.11 Å². The summed E-state index contributed by atoms with van der Waals surface area (Å²) in [6.07, 6.45) is 3.23. The van der Waals surface area contributed by atoms with Crippen molar-refractivity contribution in [1.29, 1.82) is 0 Å². The maximum Gasteiger partial charge on any atom is 0.335 e. The zero-order valence-corrected chi connectivity index (χ0v) is 13.0. The lowest BCUT2D eigenvalue weighted by Gasteiger charge is -2.21. The smallest absolute Gasteiger partial charge is 0.335 e. The molecule has 3 aromatic rings. The molecule has 6 heteroatoms. The number of rotatable bonds is 5. The molecule has 2 aromatic carbocycles. The fourth-order valence-corrected chi connectivity index (χ4v) is 2.53. The third-order valence-electron chi connectivity index (χ3n) is 3.70. The van der Waals surface area contributed by atoms with Gasteiger partial charge in [0.2, 0.25) is 0 Å². The van der Waals surface area contributed by atoms with Crippen molar-refractivity contribution in [2.75, 3.05) is 5.32 Å². The van der Waals surface area contributed by atoms with Crippen LogP contribution in [0.25, 0.3) is 0 Å². The molecule has 3 rings (SSSR count). The Morgan fingerprint density at radius 2 is 1.56 bits per heavy atom. The Balaban J connectivity index is 2.01. The second kappa shape index (κ2) is 7.09. The molecule has 0 aliphatic heterocycles. The fourth-order valence-electron chi connectivity index (χ4n) is 2.53. The van der Waals surface area contributed by atoms with Crippen LogP contribution < -0.4 is 5.32 Å². The van der Waals surface area contributed by atoms with Gasteiger partial charge in [0.25, 0.3) is 0 Å². The first kappa shape index (κ1) is 16.6. The van der Waals surface area contributed by atoms with Crippen molar-refractivity contribution >= 4 is 11.7 Å². The number of hydrogen-bond donors (Lipinski definition) is 2. The van der Waals surface area contributed by atoms with E-state index in [-0.39, 0.29) is 11.4 Å². The molecular formula is C19H14F2N2O2. The number of carboxylic acids is 1. The second-order valence-electron chi connectivity index (χ2n) is 5.44. The zero-order chi connectivity index (χ0) is 17.8. The molecule has 25 heavy (non-hydrogen) atoms. The SMILES string of the molecule is O=C(O)c1cc(F)cc(NC(c2ccncc2)c2ccc(F)cc2)c1. The zero-order valence-electron chi connectivity index (χ0n) is 13.0. The van der Waals surface area contributed by atoms with Gasteiger partial charge in [0, 0.05) is 18.1 Å². The third kappa shape index (κ3) is 3.98. The van der Waals surface area contributed by atoms with Crippen LogP contribution in [0.2, 0.25) is 0 Å². The van der Waals surface area contributed by atoms with Crippen molar-refractivity contribution in [1.82, 2.24) is 4.98 Å². The molecule has 1 heterocycles. The lowest BCUT2D eigenvalue weighted by Crippen LogP contribution is -2.13. The highest BCUT2D eigenvalue weighted by Crippen LogP contribution is 2.27. The molecule has 0 bridgehead atoms. The largest absolute Gasteiger partial charge is 0.478 e. The summed E-state index contributed by atoms with van der Waals surface area (Å²) >= 11 is 0. The normalized spacial score (nSPS) is 11.8. The van der Waals surface area contributed by atoms with Crippen LogP contribution in [0.15, 0.2) is 67.0 Å². The summed E-state index contributed by atoms with van der Waals surface area (Å²) in [6.45, 7) is 0. The molecule has 0 spiro atoms. The van der Waals surface area contributed by atoms with E-state index in [1.165, 1.54) is 24.3 Å². The van der Waals surface area contributed by atoms with Gasteiger partial charge in [0.15, 0.2) is 0 Å². The first-order valence-electron chi connectivity index (χ1n) is 7.49. The van der Waals surface area contributed by atoms with Gasteiger partial charge < -0.3 is 10.4 Å². The Kier molecular flexibility index (Phi) is 4.70. The molecule has 126 valence electrons. The van der Waals surface area contributed by atoms with E-state index >= 15 is 0 Å². The van der Waals surface area contributed by atoms with Gasteiger partial charge in [0.05, 0.1) is 11.6 Å². The maximum absolute atomic E-state index is 13.7. The van der Waals surface area contributed by atoms with E-state index in [1.807, 2.05) is 0 Å². The average molecular weight is 340 g/mol. The Hall–Kier alpha value is -3.28. The predicted molar refractivity (Wildman–Crippen MR) is 89.5 cm³/mol. The summed E-state index contributed by atoms with van der Waals surface area (Å²) in [6, 6.07) is 12.5. The molecule has 0 aliphatic carbocycles. The van der Waals surface area contributed by atoms with Crippen molar-refractivity contribution in [3.63, 3.8) is 0 Å². The summed E-state index contributed by atoms with van der Waals surface area (Å²) in [7, 11) is 0. The molecule has 1 atom stereocenters. The van der Waals surface area contributed by atoms with Gasteiger partial charge in [0.1, 0.15) is 11.6 Å². The Bertz CT molecular complexity index is 884. The average Bonchev–Trinajstić information content (AvgIpc) is 2.61. The number of nitrogens with one attached hydrogen (secondary N) is 1. The van der Waals surface area contributed by atoms with Gasteiger partial charge >= 0.3 is 5.97 Å². The highest BCUT2D eigenvalue weighted by molar-refractivity contribution is 5.88. The Morgan fingerprint density at radius 1 is 0.920 bits per heavy atom. The van der Waals surface area contributed by atoms with E-state index in [2.05, 4.69) is 10.3 Å². The number of pyridine rings is 1. The molecule has 2 N–H and O–H groups in total. The van der Waals surface area contributed by atoms with E-state index < -0.39 is 17.8 Å². The van der Waals surface area contributed by atoms with Crippen LogP contribution in [0.1, 0.15) is 27.5 Å². The number of anilines is 1. The number of hydrogen-bond acceptors (Lipinski definition) is 3. The molecule has 0 aliphatic rings. The monoisotopic (exact) mass is 340 g/mol. The van der Waals surface area contributed by atoms with Gasteiger partial charge in [-0.15, -0.1) is 0 Å². The van der Waals surface area contributed by atoms with Gasteiger partial charge in [-0.3, -0.25) is 4.98 Å². The van der Waals surface area contributed by atoms with Gasteiger partial charge in [-0.25, -0.2) is 13.6 Å². The maximum atomic E-state index is 13.7. The first-order valence-corrected chi connectivity index (χ1v) is 7.49. The lowest BCUT2D eigenvalue weighted by atomic mass is 9.99. The van der Waals surface area contributed by atoms with Crippen LogP contribution in [-0.2, 0) is 0 Å². The van der Waals surface area contributed by atoms with Crippen LogP contribution >= 0.6 is 0 Å².